The van der Waals surface area contributed by atoms with Gasteiger partial charge in [-0.15, -0.1) is 0 Å². The standard InChI is InChI=1S/C18H23NO4S/c1-18(2,3)14-8-6-13(7-9-14)12-19(4)17(20)15-10-11-16(23-15)24(5,21)22/h6-11H,12H2,1-5H3. The third-order valence-electron chi connectivity index (χ3n) is 3.74. The van der Waals surface area contributed by atoms with Crippen LogP contribution in [0.25, 0.3) is 0 Å². The van der Waals surface area contributed by atoms with Crippen LogP contribution in [-0.2, 0) is 21.8 Å². The highest BCUT2D eigenvalue weighted by Gasteiger charge is 2.20. The van der Waals surface area contributed by atoms with Gasteiger partial charge < -0.3 is 9.32 Å². The van der Waals surface area contributed by atoms with Crippen molar-refractivity contribution in [2.75, 3.05) is 13.3 Å². The summed E-state index contributed by atoms with van der Waals surface area (Å²) in [7, 11) is -1.80. The van der Waals surface area contributed by atoms with Gasteiger partial charge in [0.1, 0.15) is 0 Å². The Kier molecular flexibility index (Phi) is 4.90. The van der Waals surface area contributed by atoms with Crippen LogP contribution in [0.2, 0.25) is 0 Å². The Hall–Kier alpha value is -2.08. The molecule has 1 aromatic heterocycles. The molecule has 2 rings (SSSR count). The van der Waals surface area contributed by atoms with E-state index in [2.05, 4.69) is 32.9 Å². The van der Waals surface area contributed by atoms with Crippen molar-refractivity contribution in [2.45, 2.75) is 37.8 Å². The number of benzene rings is 1. The van der Waals surface area contributed by atoms with Crippen molar-refractivity contribution in [1.29, 1.82) is 0 Å². The summed E-state index contributed by atoms with van der Waals surface area (Å²) in [6, 6.07) is 10.8. The smallest absolute Gasteiger partial charge is 0.289 e. The molecule has 0 saturated heterocycles. The van der Waals surface area contributed by atoms with Crippen molar-refractivity contribution in [3.05, 3.63) is 53.3 Å². The van der Waals surface area contributed by atoms with Crippen molar-refractivity contribution in [2.24, 2.45) is 0 Å². The first kappa shape index (κ1) is 18.3. The molecule has 1 heterocycles. The van der Waals surface area contributed by atoms with Crippen molar-refractivity contribution in [1.82, 2.24) is 4.90 Å². The van der Waals surface area contributed by atoms with Gasteiger partial charge in [-0.2, -0.15) is 0 Å². The zero-order valence-corrected chi connectivity index (χ0v) is 15.5. The molecule has 0 unspecified atom stereocenters. The van der Waals surface area contributed by atoms with Gasteiger partial charge in [0.05, 0.1) is 0 Å². The van der Waals surface area contributed by atoms with E-state index < -0.39 is 9.84 Å². The summed E-state index contributed by atoms with van der Waals surface area (Å²) < 4.78 is 28.0. The van der Waals surface area contributed by atoms with Gasteiger partial charge >= 0.3 is 0 Å². The molecule has 1 amide bonds. The highest BCUT2D eigenvalue weighted by atomic mass is 32.2. The molecule has 0 spiro atoms. The lowest BCUT2D eigenvalue weighted by Gasteiger charge is -2.20. The molecular weight excluding hydrogens is 326 g/mol. The van der Waals surface area contributed by atoms with E-state index in [1.165, 1.54) is 22.6 Å². The number of nitrogens with zero attached hydrogens (tertiary/aromatic N) is 1. The molecule has 0 atom stereocenters. The second kappa shape index (κ2) is 6.43. The minimum Gasteiger partial charge on any atom is -0.440 e. The fraction of sp³-hybridized carbons (Fsp3) is 0.389. The average Bonchev–Trinajstić information content (AvgIpc) is 2.95. The number of hydrogen-bond acceptors (Lipinski definition) is 4. The fourth-order valence-corrected chi connectivity index (χ4v) is 2.83. The van der Waals surface area contributed by atoms with Crippen LogP contribution in [0.3, 0.4) is 0 Å². The molecule has 1 aromatic carbocycles. The molecule has 6 heteroatoms. The lowest BCUT2D eigenvalue weighted by molar-refractivity contribution is 0.0747. The number of furan rings is 1. The first-order chi connectivity index (χ1) is 11.0. The van der Waals surface area contributed by atoms with E-state index in [0.717, 1.165) is 11.8 Å². The predicted octanol–water partition coefficient (Wildman–Crippen LogP) is 3.25. The summed E-state index contributed by atoms with van der Waals surface area (Å²) >= 11 is 0. The second-order valence-electron chi connectivity index (χ2n) is 7.00. The Bertz CT molecular complexity index is 827. The van der Waals surface area contributed by atoms with Crippen molar-refractivity contribution in [3.8, 4) is 0 Å². The molecule has 24 heavy (non-hydrogen) atoms. The monoisotopic (exact) mass is 349 g/mol. The van der Waals surface area contributed by atoms with E-state index >= 15 is 0 Å². The molecule has 5 nitrogen and oxygen atoms in total. The Morgan fingerprint density at radius 3 is 2.12 bits per heavy atom. The molecule has 0 aliphatic rings. The minimum absolute atomic E-state index is 0.0178. The zero-order valence-electron chi connectivity index (χ0n) is 14.7. The first-order valence-electron chi connectivity index (χ1n) is 7.63. The Morgan fingerprint density at radius 1 is 1.08 bits per heavy atom. The van der Waals surface area contributed by atoms with Crippen LogP contribution < -0.4 is 0 Å². The van der Waals surface area contributed by atoms with Gasteiger partial charge in [0.25, 0.3) is 5.91 Å². The van der Waals surface area contributed by atoms with Crippen LogP contribution in [0.1, 0.15) is 42.5 Å². The normalized spacial score (nSPS) is 12.2. The highest BCUT2D eigenvalue weighted by Crippen LogP contribution is 2.23. The number of rotatable bonds is 4. The Labute approximate surface area is 143 Å². The summed E-state index contributed by atoms with van der Waals surface area (Å²) in [5.74, 6) is -0.339. The maximum Gasteiger partial charge on any atom is 0.289 e. The lowest BCUT2D eigenvalue weighted by Crippen LogP contribution is -2.25. The van der Waals surface area contributed by atoms with E-state index in [-0.39, 0.29) is 22.2 Å². The van der Waals surface area contributed by atoms with Crippen LogP contribution in [0.4, 0.5) is 0 Å². The fourth-order valence-electron chi connectivity index (χ4n) is 2.28. The molecule has 0 bridgehead atoms. The van der Waals surface area contributed by atoms with E-state index in [1.54, 1.807) is 7.05 Å². The van der Waals surface area contributed by atoms with E-state index in [0.29, 0.717) is 6.54 Å². The summed E-state index contributed by atoms with van der Waals surface area (Å²) in [4.78, 5) is 13.8. The van der Waals surface area contributed by atoms with Gasteiger partial charge in [-0.1, -0.05) is 45.0 Å². The van der Waals surface area contributed by atoms with Gasteiger partial charge in [-0.05, 0) is 28.7 Å². The third-order valence-corrected chi connectivity index (χ3v) is 4.69. The van der Waals surface area contributed by atoms with Crippen molar-refractivity contribution >= 4 is 15.7 Å². The van der Waals surface area contributed by atoms with Crippen molar-refractivity contribution < 1.29 is 17.6 Å². The molecule has 0 aliphatic carbocycles. The quantitative estimate of drug-likeness (QED) is 0.850. The number of hydrogen-bond donors (Lipinski definition) is 0. The van der Waals surface area contributed by atoms with Crippen LogP contribution in [0.5, 0.6) is 0 Å². The van der Waals surface area contributed by atoms with Gasteiger partial charge in [-0.3, -0.25) is 4.79 Å². The van der Waals surface area contributed by atoms with Gasteiger partial charge in [-0.25, -0.2) is 8.42 Å². The van der Waals surface area contributed by atoms with Crippen LogP contribution in [0, 0.1) is 0 Å². The summed E-state index contributed by atoms with van der Waals surface area (Å²) in [5, 5.41) is -0.200. The van der Waals surface area contributed by atoms with E-state index in [1.807, 2.05) is 12.1 Å². The van der Waals surface area contributed by atoms with Crippen LogP contribution in [0.15, 0.2) is 45.9 Å². The van der Waals surface area contributed by atoms with E-state index in [4.69, 9.17) is 4.42 Å². The van der Waals surface area contributed by atoms with Gasteiger partial charge in [0, 0.05) is 19.8 Å². The molecular formula is C18H23NO4S. The molecule has 0 saturated carbocycles. The first-order valence-corrected chi connectivity index (χ1v) is 9.52. The number of amides is 1. The SMILES string of the molecule is CN(Cc1ccc(C(C)(C)C)cc1)C(=O)c1ccc(S(C)(=O)=O)o1. The van der Waals surface area contributed by atoms with Crippen LogP contribution in [-0.4, -0.2) is 32.5 Å². The Morgan fingerprint density at radius 2 is 1.67 bits per heavy atom. The Balaban J connectivity index is 2.10. The minimum atomic E-state index is -3.46. The summed E-state index contributed by atoms with van der Waals surface area (Å²) in [5.41, 5.74) is 2.30. The number of sulfone groups is 1. The molecule has 2 aromatic rings. The highest BCUT2D eigenvalue weighted by molar-refractivity contribution is 7.90. The topological polar surface area (TPSA) is 67.6 Å². The van der Waals surface area contributed by atoms with Gasteiger partial charge in [0.2, 0.25) is 14.9 Å². The number of carbonyl (C=O) groups excluding carboxylic acids is 1. The molecule has 0 fully saturated rings. The van der Waals surface area contributed by atoms with E-state index in [9.17, 15) is 13.2 Å². The number of carbonyl (C=O) groups is 1. The summed E-state index contributed by atoms with van der Waals surface area (Å²) in [6.07, 6.45) is 1.04. The predicted molar refractivity (Wildman–Crippen MR) is 92.8 cm³/mol. The zero-order chi connectivity index (χ0) is 18.1. The van der Waals surface area contributed by atoms with Gasteiger partial charge in [0.15, 0.2) is 5.76 Å². The largest absolute Gasteiger partial charge is 0.440 e. The summed E-state index contributed by atoms with van der Waals surface area (Å²) in [6.45, 7) is 6.86. The maximum absolute atomic E-state index is 12.4. The lowest BCUT2D eigenvalue weighted by atomic mass is 9.87. The molecule has 130 valence electrons. The molecule has 0 N–H and O–H groups in total. The second-order valence-corrected chi connectivity index (χ2v) is 8.95. The average molecular weight is 349 g/mol. The molecule has 0 radical (unpaired) electrons. The van der Waals surface area contributed by atoms with Crippen LogP contribution >= 0.6 is 0 Å². The maximum atomic E-state index is 12.4. The molecule has 0 aliphatic heterocycles. The third kappa shape index (κ3) is 4.26. The van der Waals surface area contributed by atoms with Crippen molar-refractivity contribution in [3.63, 3.8) is 0 Å².